The molecule has 0 spiro atoms. The summed E-state index contributed by atoms with van der Waals surface area (Å²) >= 11 is 0. The highest BCUT2D eigenvalue weighted by Crippen LogP contribution is 2.38. The van der Waals surface area contributed by atoms with Crippen LogP contribution in [0.5, 0.6) is 5.75 Å². The van der Waals surface area contributed by atoms with Crippen LogP contribution in [-0.2, 0) is 108 Å². The third kappa shape index (κ3) is 25.2. The van der Waals surface area contributed by atoms with Crippen molar-refractivity contribution in [3.63, 3.8) is 0 Å². The second-order valence-electron chi connectivity index (χ2n) is 26.9. The summed E-state index contributed by atoms with van der Waals surface area (Å²) < 4.78 is 74.7. The van der Waals surface area contributed by atoms with Gasteiger partial charge in [0.15, 0.2) is 18.3 Å². The average Bonchev–Trinajstić information content (AvgIpc) is 1.25. The summed E-state index contributed by atoms with van der Waals surface area (Å²) in [4.78, 5) is 144. The quantitative estimate of drug-likeness (QED) is 0.0130. The van der Waals surface area contributed by atoms with Gasteiger partial charge < -0.3 is 92.1 Å². The van der Waals surface area contributed by atoms with E-state index in [-0.39, 0.29) is 110 Å². The van der Waals surface area contributed by atoms with Crippen molar-refractivity contribution in [2.75, 3.05) is 94.7 Å². The first-order valence-electron chi connectivity index (χ1n) is 35.8. The molecule has 5 rings (SSSR count). The lowest BCUT2D eigenvalue weighted by atomic mass is 9.89. The molecule has 15 atom stereocenters. The Balaban J connectivity index is 1.34. The molecule has 3 unspecified atom stereocenters. The maximum atomic E-state index is 15.0. The van der Waals surface area contributed by atoms with Crippen LogP contribution < -0.4 is 20.7 Å². The van der Waals surface area contributed by atoms with Gasteiger partial charge in [-0.25, -0.2) is 9.59 Å². The number of azide groups is 1. The van der Waals surface area contributed by atoms with Crippen LogP contribution in [0, 0.1) is 23.7 Å². The first kappa shape index (κ1) is 87.9. The first-order valence-corrected chi connectivity index (χ1v) is 35.8. The molecule has 106 heavy (non-hydrogen) atoms. The van der Waals surface area contributed by atoms with Crippen molar-refractivity contribution in [2.45, 2.75) is 201 Å². The highest BCUT2D eigenvalue weighted by molar-refractivity contribution is 5.92. The van der Waals surface area contributed by atoms with Crippen LogP contribution in [0.15, 0.2) is 58.1 Å². The number of carbonyl (C=O) groups excluding carboxylic acids is 10. The number of amides is 6. The average molecular weight is 1500 g/mol. The van der Waals surface area contributed by atoms with Crippen molar-refractivity contribution in [3.8, 4) is 5.75 Å². The summed E-state index contributed by atoms with van der Waals surface area (Å²) in [5, 5.41) is 23.2. The minimum Gasteiger partial charge on any atom is -0.467 e. The first-order chi connectivity index (χ1) is 50.4. The fraction of sp³-hybridized carbons (Fsp3) is 0.671. The van der Waals surface area contributed by atoms with E-state index in [1.807, 2.05) is 19.9 Å². The lowest BCUT2D eigenvalue weighted by Gasteiger charge is -2.43. The summed E-state index contributed by atoms with van der Waals surface area (Å²) in [6.45, 7) is 19.3. The number of ether oxygens (including phenoxy) is 12. The maximum absolute atomic E-state index is 15.0. The number of nitrogens with one attached hydrogen (secondary N) is 3. The van der Waals surface area contributed by atoms with Crippen LogP contribution in [-0.4, -0.2) is 247 Å². The molecule has 0 saturated carbocycles. The number of aliphatic hydroxyl groups is 1. The summed E-state index contributed by atoms with van der Waals surface area (Å²) in [5.74, 6) is -7.76. The topological polar surface area (TPSA) is 409 Å². The number of aryl methyl sites for hydroxylation is 1. The number of aliphatic hydroxyl groups excluding tert-OH is 1. The van der Waals surface area contributed by atoms with E-state index in [0.717, 1.165) is 32.8 Å². The van der Waals surface area contributed by atoms with Gasteiger partial charge in [-0.3, -0.25) is 43.3 Å². The number of hydrogen-bond acceptors (Lipinski definition) is 25. The maximum Gasteiger partial charge on any atom is 0.410 e. The fourth-order valence-electron chi connectivity index (χ4n) is 13.1. The number of likely N-dealkylation sites (tertiary alicyclic amines) is 1. The SMILES string of the molecule is CCC(C)[C@@H]([C@@H](CC(=O)N1CCC[C@H]1[C@H](OC)[C@@H](C)C(=O)NC(C)C(O)c1ccccc1)OC)N(C)C(=O)[C@@H](NC(=O)[C@H](C(C)C)N(C)C(=O)OCc1ccc(O[C@@H]2O[C@H](C(=O)OC)[C@@H](OC(C)=O)[C@H](OC(C)=O)[C@H]2OC(C)=O)c2cc(CCC(=O)NCCOCCOCCOCCN=[N+]=[N-])oc12)C(C)C. The molecule has 0 bridgehead atoms. The zero-order chi connectivity index (χ0) is 78.5. The number of likely N-dealkylation sites (N-methyl/N-ethyl adjacent to an activating group) is 2. The second-order valence-corrected chi connectivity index (χ2v) is 26.9. The molecular formula is C73H109N9O24. The van der Waals surface area contributed by atoms with Gasteiger partial charge in [-0.1, -0.05) is 90.3 Å². The van der Waals surface area contributed by atoms with Gasteiger partial charge in [-0.15, -0.1) is 0 Å². The van der Waals surface area contributed by atoms with Crippen LogP contribution >= 0.6 is 0 Å². The molecule has 4 N–H and O–H groups in total. The molecule has 1 aromatic heterocycles. The number of fused-ring (bicyclic) bond motifs is 1. The van der Waals surface area contributed by atoms with Crippen LogP contribution in [0.25, 0.3) is 21.4 Å². The van der Waals surface area contributed by atoms with Crippen molar-refractivity contribution in [3.05, 3.63) is 75.9 Å². The fourth-order valence-corrected chi connectivity index (χ4v) is 13.1. The van der Waals surface area contributed by atoms with Gasteiger partial charge >= 0.3 is 30.0 Å². The lowest BCUT2D eigenvalue weighted by molar-refractivity contribution is -0.282. The Bertz CT molecular complexity index is 3430. The van der Waals surface area contributed by atoms with Gasteiger partial charge in [0, 0.05) is 92.0 Å². The van der Waals surface area contributed by atoms with E-state index in [1.54, 1.807) is 77.8 Å². The van der Waals surface area contributed by atoms with Crippen molar-refractivity contribution in [1.82, 2.24) is 30.7 Å². The van der Waals surface area contributed by atoms with Gasteiger partial charge in [-0.05, 0) is 66.8 Å². The second kappa shape index (κ2) is 43.8. The number of methoxy groups -OCH3 is 3. The zero-order valence-electron chi connectivity index (χ0n) is 63.8. The third-order valence-electron chi connectivity index (χ3n) is 18.6. The molecule has 33 heteroatoms. The number of hydrogen-bond donors (Lipinski definition) is 4. The third-order valence-corrected chi connectivity index (χ3v) is 18.6. The molecular weight excluding hydrogens is 1390 g/mol. The van der Waals surface area contributed by atoms with E-state index in [4.69, 9.17) is 66.8 Å². The van der Waals surface area contributed by atoms with Crippen LogP contribution in [0.1, 0.15) is 131 Å². The zero-order valence-corrected chi connectivity index (χ0v) is 63.8. The number of benzene rings is 2. The number of rotatable bonds is 43. The van der Waals surface area contributed by atoms with Crippen LogP contribution in [0.4, 0.5) is 4.79 Å². The highest BCUT2D eigenvalue weighted by Gasteiger charge is 2.56. The van der Waals surface area contributed by atoms with Gasteiger partial charge in [0.1, 0.15) is 35.8 Å². The van der Waals surface area contributed by atoms with Gasteiger partial charge in [0.25, 0.3) is 0 Å². The number of esters is 4. The summed E-state index contributed by atoms with van der Waals surface area (Å²) in [6, 6.07) is 9.29. The molecule has 6 amide bonds. The largest absolute Gasteiger partial charge is 0.467 e. The van der Waals surface area contributed by atoms with E-state index in [2.05, 4.69) is 26.0 Å². The molecule has 2 aromatic carbocycles. The molecule has 2 aliphatic heterocycles. The molecule has 3 heterocycles. The van der Waals surface area contributed by atoms with Crippen LogP contribution in [0.3, 0.4) is 0 Å². The Labute approximate surface area is 618 Å². The molecule has 590 valence electrons. The van der Waals surface area contributed by atoms with Gasteiger partial charge in [-0.2, -0.15) is 0 Å². The molecule has 0 aliphatic carbocycles. The van der Waals surface area contributed by atoms with Crippen molar-refractivity contribution in [1.29, 1.82) is 0 Å². The molecule has 2 aliphatic rings. The van der Waals surface area contributed by atoms with E-state index in [0.29, 0.717) is 44.6 Å². The molecule has 0 radical (unpaired) electrons. The monoisotopic (exact) mass is 1500 g/mol. The van der Waals surface area contributed by atoms with E-state index >= 15 is 4.79 Å². The number of carbonyl (C=O) groups is 10. The van der Waals surface area contributed by atoms with Crippen LogP contribution in [0.2, 0.25) is 0 Å². The van der Waals surface area contributed by atoms with E-state index < -0.39 is 145 Å². The Hall–Kier alpha value is -8.69. The Morgan fingerprint density at radius 1 is 0.764 bits per heavy atom. The summed E-state index contributed by atoms with van der Waals surface area (Å²) in [6.07, 6.45) is -10.5. The molecule has 2 fully saturated rings. The summed E-state index contributed by atoms with van der Waals surface area (Å²) in [5.41, 5.74) is 9.32. The Morgan fingerprint density at radius 3 is 1.99 bits per heavy atom. The summed E-state index contributed by atoms with van der Waals surface area (Å²) in [7, 11) is 7.00. The molecule has 33 nitrogen and oxygen atoms in total. The molecule has 3 aromatic rings. The predicted octanol–water partition coefficient (Wildman–Crippen LogP) is 5.81. The smallest absolute Gasteiger partial charge is 0.410 e. The van der Waals surface area contributed by atoms with Gasteiger partial charge in [0.05, 0.1) is 101 Å². The van der Waals surface area contributed by atoms with Crippen molar-refractivity contribution < 1.29 is 114 Å². The Morgan fingerprint density at radius 2 is 1.40 bits per heavy atom. The minimum absolute atomic E-state index is 0.00865. The number of furan rings is 1. The standard InChI is InChI=1S/C73H109N9O24/c1-17-43(6)60(55(94-14)39-57(87)82-31-21-24-53(82)62(95-15)44(7)68(89)77-45(8)61(88)49-22-19-18-20-23-49)80(12)70(91)58(41(2)3)78-69(90)59(42(4)5)81(13)73(93)100-40-50-25-27-54(105-72-67(103-48(11)85)65(102-47(10)84)64(101-46(9)83)66(106-72)71(92)96-16)52-38-51(104-63(50)52)26-28-56(86)75-29-32-97-34-36-99-37-35-98-33-30-76-79-74/h18-20,22-23,25,27,38,41-45,53,55,58-62,64-67,72,88H,17,21,24,26,28-37,39-40H2,1-16H3,(H,75,86)(H,77,89)(H,78,90)/t43?,44-,45?,53+,55-,58+,59+,60+,61?,62-,64+,65+,66+,67-,72-/m1/s1. The number of nitrogens with zero attached hydrogens (tertiary/aromatic N) is 6. The predicted molar refractivity (Wildman–Crippen MR) is 380 cm³/mol. The molecule has 2 saturated heterocycles. The van der Waals surface area contributed by atoms with Crippen molar-refractivity contribution in [2.24, 2.45) is 28.8 Å². The lowest BCUT2D eigenvalue weighted by Crippen LogP contribution is -2.64. The van der Waals surface area contributed by atoms with E-state index in [1.165, 1.54) is 44.4 Å². The normalized spacial score (nSPS) is 19.7. The minimum atomic E-state index is -1.80. The highest BCUT2D eigenvalue weighted by atomic mass is 16.7. The van der Waals surface area contributed by atoms with Gasteiger partial charge in [0.2, 0.25) is 41.9 Å². The van der Waals surface area contributed by atoms with E-state index in [9.17, 15) is 48.3 Å². The van der Waals surface area contributed by atoms with Crippen molar-refractivity contribution >= 4 is 70.5 Å². The Kier molecular flexibility index (Phi) is 36.3.